The summed E-state index contributed by atoms with van der Waals surface area (Å²) in [4.78, 5) is 22.0. The molecule has 114 valence electrons. The smallest absolute Gasteiger partial charge is 0.307 e. The number of hydrogen-bond acceptors (Lipinski definition) is 4. The van der Waals surface area contributed by atoms with Crippen LogP contribution in [0.15, 0.2) is 29.2 Å². The van der Waals surface area contributed by atoms with Crippen molar-refractivity contribution in [2.24, 2.45) is 0 Å². The van der Waals surface area contributed by atoms with Crippen LogP contribution in [0.1, 0.15) is 18.4 Å². The van der Waals surface area contributed by atoms with E-state index < -0.39 is 16.0 Å². The van der Waals surface area contributed by atoms with Gasteiger partial charge in [-0.3, -0.25) is 9.59 Å². The van der Waals surface area contributed by atoms with E-state index in [-0.39, 0.29) is 29.8 Å². The molecule has 7 nitrogen and oxygen atoms in total. The van der Waals surface area contributed by atoms with Crippen LogP contribution >= 0.6 is 0 Å². The molecule has 1 aliphatic carbocycles. The van der Waals surface area contributed by atoms with Gasteiger partial charge in [-0.2, -0.15) is 0 Å². The Morgan fingerprint density at radius 2 is 1.81 bits per heavy atom. The van der Waals surface area contributed by atoms with Crippen molar-refractivity contribution in [3.8, 4) is 0 Å². The summed E-state index contributed by atoms with van der Waals surface area (Å²) < 4.78 is 26.1. The van der Waals surface area contributed by atoms with Crippen LogP contribution in [0.4, 0.5) is 0 Å². The highest BCUT2D eigenvalue weighted by atomic mass is 32.2. The summed E-state index contributed by atoms with van der Waals surface area (Å²) in [5.41, 5.74) is 0.507. The zero-order chi connectivity index (χ0) is 15.5. The summed E-state index contributed by atoms with van der Waals surface area (Å²) in [5.74, 6) is -1.34. The van der Waals surface area contributed by atoms with Crippen molar-refractivity contribution in [2.45, 2.75) is 30.2 Å². The van der Waals surface area contributed by atoms with E-state index in [9.17, 15) is 18.0 Å². The number of carbonyl (C=O) groups excluding carboxylic acids is 1. The fraction of sp³-hybridized carbons (Fsp3) is 0.385. The van der Waals surface area contributed by atoms with Gasteiger partial charge in [0.2, 0.25) is 15.9 Å². The Morgan fingerprint density at radius 3 is 2.33 bits per heavy atom. The van der Waals surface area contributed by atoms with Gasteiger partial charge in [-0.15, -0.1) is 0 Å². The minimum atomic E-state index is -3.77. The minimum Gasteiger partial charge on any atom is -0.481 e. The maximum absolute atomic E-state index is 12.0. The molecule has 1 fully saturated rings. The van der Waals surface area contributed by atoms with E-state index in [1.165, 1.54) is 24.3 Å². The summed E-state index contributed by atoms with van der Waals surface area (Å²) in [6.07, 6.45) is 1.70. The molecule has 0 bridgehead atoms. The van der Waals surface area contributed by atoms with E-state index in [2.05, 4.69) is 10.0 Å². The van der Waals surface area contributed by atoms with Crippen LogP contribution in [-0.4, -0.2) is 38.0 Å². The van der Waals surface area contributed by atoms with Gasteiger partial charge in [-0.05, 0) is 30.5 Å². The van der Waals surface area contributed by atoms with Crippen molar-refractivity contribution in [2.75, 3.05) is 6.54 Å². The third-order valence-electron chi connectivity index (χ3n) is 2.95. The lowest BCUT2D eigenvalue weighted by atomic mass is 10.2. The number of carbonyl (C=O) groups is 2. The molecule has 0 spiro atoms. The van der Waals surface area contributed by atoms with Gasteiger partial charge >= 0.3 is 5.97 Å². The molecule has 0 heterocycles. The first-order valence-corrected chi connectivity index (χ1v) is 7.95. The SMILES string of the molecule is O=C(O)Cc1ccc(S(=O)(=O)NCC(=O)NC2CC2)cc1. The highest BCUT2D eigenvalue weighted by Crippen LogP contribution is 2.18. The second kappa shape index (κ2) is 6.23. The molecular formula is C13H16N2O5S. The molecule has 2 rings (SSSR count). The lowest BCUT2D eigenvalue weighted by Gasteiger charge is -2.07. The van der Waals surface area contributed by atoms with E-state index in [4.69, 9.17) is 5.11 Å². The molecule has 0 radical (unpaired) electrons. The lowest BCUT2D eigenvalue weighted by molar-refractivity contribution is -0.136. The van der Waals surface area contributed by atoms with Crippen molar-refractivity contribution in [1.29, 1.82) is 0 Å². The molecule has 1 aliphatic rings. The zero-order valence-electron chi connectivity index (χ0n) is 11.2. The normalized spacial score (nSPS) is 14.7. The Morgan fingerprint density at radius 1 is 1.19 bits per heavy atom. The number of rotatable bonds is 7. The summed E-state index contributed by atoms with van der Waals surface area (Å²) in [7, 11) is -3.77. The second-order valence-corrected chi connectivity index (χ2v) is 6.65. The van der Waals surface area contributed by atoms with Gasteiger partial charge < -0.3 is 10.4 Å². The second-order valence-electron chi connectivity index (χ2n) is 4.88. The molecule has 0 aromatic heterocycles. The molecule has 8 heteroatoms. The van der Waals surface area contributed by atoms with E-state index in [1.54, 1.807) is 0 Å². The van der Waals surface area contributed by atoms with Crippen LogP contribution in [0.25, 0.3) is 0 Å². The predicted octanol–water partition coefficient (Wildman–Crippen LogP) is -0.129. The van der Waals surface area contributed by atoms with Crippen LogP contribution in [0.3, 0.4) is 0 Å². The molecule has 1 aromatic rings. The van der Waals surface area contributed by atoms with Crippen LogP contribution in [0.5, 0.6) is 0 Å². The fourth-order valence-corrected chi connectivity index (χ4v) is 2.69. The first kappa shape index (κ1) is 15.5. The first-order chi connectivity index (χ1) is 9.87. The minimum absolute atomic E-state index is 0.00383. The van der Waals surface area contributed by atoms with Gasteiger partial charge in [-0.1, -0.05) is 12.1 Å². The Hall–Kier alpha value is -1.93. The van der Waals surface area contributed by atoms with Gasteiger partial charge in [0.15, 0.2) is 0 Å². The van der Waals surface area contributed by atoms with Crippen LogP contribution in [-0.2, 0) is 26.0 Å². The summed E-state index contributed by atoms with van der Waals surface area (Å²) in [5, 5.41) is 11.3. The third kappa shape index (κ3) is 4.83. The van der Waals surface area contributed by atoms with Crippen molar-refractivity contribution in [1.82, 2.24) is 10.0 Å². The average molecular weight is 312 g/mol. The van der Waals surface area contributed by atoms with E-state index >= 15 is 0 Å². The largest absolute Gasteiger partial charge is 0.481 e. The van der Waals surface area contributed by atoms with Crippen LogP contribution < -0.4 is 10.0 Å². The number of aliphatic carboxylic acids is 1. The Kier molecular flexibility index (Phi) is 4.59. The molecule has 1 saturated carbocycles. The highest BCUT2D eigenvalue weighted by molar-refractivity contribution is 7.89. The molecule has 21 heavy (non-hydrogen) atoms. The van der Waals surface area contributed by atoms with E-state index in [0.717, 1.165) is 12.8 Å². The summed E-state index contributed by atoms with van der Waals surface area (Å²) in [6, 6.07) is 5.69. The van der Waals surface area contributed by atoms with Gasteiger partial charge in [0.1, 0.15) is 0 Å². The Balaban J connectivity index is 1.94. The molecule has 0 unspecified atom stereocenters. The zero-order valence-corrected chi connectivity index (χ0v) is 12.0. The van der Waals surface area contributed by atoms with E-state index in [1.807, 2.05) is 0 Å². The average Bonchev–Trinajstić information content (AvgIpc) is 3.20. The standard InChI is InChI=1S/C13H16N2O5S/c16-12(15-10-3-4-10)8-14-21(19,20)11-5-1-9(2-6-11)7-13(17)18/h1-2,5-6,10,14H,3-4,7-8H2,(H,15,16)(H,17,18). The molecule has 3 N–H and O–H groups in total. The van der Waals surface area contributed by atoms with Gasteiger partial charge in [0, 0.05) is 6.04 Å². The van der Waals surface area contributed by atoms with Gasteiger partial charge in [0.25, 0.3) is 0 Å². The van der Waals surface area contributed by atoms with Crippen molar-refractivity contribution < 1.29 is 23.1 Å². The molecule has 0 aliphatic heterocycles. The van der Waals surface area contributed by atoms with Crippen molar-refractivity contribution in [3.05, 3.63) is 29.8 Å². The Labute approximate surface area is 122 Å². The predicted molar refractivity (Wildman–Crippen MR) is 74.1 cm³/mol. The summed E-state index contributed by atoms with van der Waals surface area (Å²) >= 11 is 0. The molecule has 0 atom stereocenters. The topological polar surface area (TPSA) is 113 Å². The third-order valence-corrected chi connectivity index (χ3v) is 4.37. The monoisotopic (exact) mass is 312 g/mol. The van der Waals surface area contributed by atoms with Gasteiger partial charge in [-0.25, -0.2) is 13.1 Å². The number of carboxylic acid groups (broad SMARTS) is 1. The number of carboxylic acids is 1. The van der Waals surface area contributed by atoms with Crippen molar-refractivity contribution >= 4 is 21.9 Å². The number of hydrogen-bond donors (Lipinski definition) is 3. The molecular weight excluding hydrogens is 296 g/mol. The van der Waals surface area contributed by atoms with E-state index in [0.29, 0.717) is 5.56 Å². The number of benzene rings is 1. The first-order valence-electron chi connectivity index (χ1n) is 6.46. The summed E-state index contributed by atoms with van der Waals surface area (Å²) in [6.45, 7) is -0.310. The number of sulfonamides is 1. The van der Waals surface area contributed by atoms with Gasteiger partial charge in [0.05, 0.1) is 17.9 Å². The quantitative estimate of drug-likeness (QED) is 0.649. The number of amides is 1. The van der Waals surface area contributed by atoms with Crippen LogP contribution in [0, 0.1) is 0 Å². The molecule has 1 aromatic carbocycles. The van der Waals surface area contributed by atoms with Crippen molar-refractivity contribution in [3.63, 3.8) is 0 Å². The molecule has 0 saturated heterocycles. The fourth-order valence-electron chi connectivity index (χ4n) is 1.71. The highest BCUT2D eigenvalue weighted by Gasteiger charge is 2.24. The Bertz CT molecular complexity index is 635. The van der Waals surface area contributed by atoms with Crippen LogP contribution in [0.2, 0.25) is 0 Å². The maximum Gasteiger partial charge on any atom is 0.307 e. The maximum atomic E-state index is 12.0. The molecule has 1 amide bonds. The lowest BCUT2D eigenvalue weighted by Crippen LogP contribution is -2.37. The number of nitrogens with one attached hydrogen (secondary N) is 2.